The number of imidazole rings is 1. The number of nitrogens with zero attached hydrogens (tertiary/aromatic N) is 4. The van der Waals surface area contributed by atoms with E-state index in [1.807, 2.05) is 0 Å². The lowest BCUT2D eigenvalue weighted by molar-refractivity contribution is -0.392. The normalized spacial score (nSPS) is 11.1. The van der Waals surface area contributed by atoms with Crippen LogP contribution < -0.4 is 5.43 Å². The van der Waals surface area contributed by atoms with Crippen molar-refractivity contribution < 1.29 is 14.1 Å². The molecule has 0 aliphatic heterocycles. The number of aryl methyl sites for hydroxylation is 1. The fraction of sp³-hybridized carbons (Fsp3) is 0.118. The molecule has 0 radical (unpaired) electrons. The Kier molecular flexibility index (Phi) is 5.76. The summed E-state index contributed by atoms with van der Waals surface area (Å²) in [7, 11) is 0. The molecule has 2 aromatic heterocycles. The zero-order valence-corrected chi connectivity index (χ0v) is 15.9. The van der Waals surface area contributed by atoms with E-state index < -0.39 is 10.8 Å². The molecule has 9 nitrogen and oxygen atoms in total. The van der Waals surface area contributed by atoms with Gasteiger partial charge in [0.1, 0.15) is 17.7 Å². The summed E-state index contributed by atoms with van der Waals surface area (Å²) in [5.41, 5.74) is 2.99. The van der Waals surface area contributed by atoms with Gasteiger partial charge in [0, 0.05) is 22.5 Å². The van der Waals surface area contributed by atoms with Crippen LogP contribution in [0, 0.1) is 17.0 Å². The Morgan fingerprint density at radius 2 is 2.07 bits per heavy atom. The molecule has 0 unspecified atom stereocenters. The molecular weight excluding hydrogens is 409 g/mol. The molecule has 0 spiro atoms. The Morgan fingerprint density at radius 1 is 1.36 bits per heavy atom. The molecule has 28 heavy (non-hydrogen) atoms. The van der Waals surface area contributed by atoms with Crippen molar-refractivity contribution in [3.8, 4) is 11.3 Å². The van der Waals surface area contributed by atoms with E-state index in [1.165, 1.54) is 10.8 Å². The minimum absolute atomic E-state index is 0.271. The number of amides is 1. The second-order valence-electron chi connectivity index (χ2n) is 5.66. The molecule has 0 saturated heterocycles. The largest absolute Gasteiger partial charge is 0.455 e. The summed E-state index contributed by atoms with van der Waals surface area (Å²) >= 11 is 12.0. The first-order valence-electron chi connectivity index (χ1n) is 7.88. The molecule has 144 valence electrons. The second-order valence-corrected chi connectivity index (χ2v) is 6.53. The Hall–Kier alpha value is -3.17. The lowest BCUT2D eigenvalue weighted by Gasteiger charge is -2.01. The van der Waals surface area contributed by atoms with Gasteiger partial charge in [-0.2, -0.15) is 5.10 Å². The maximum atomic E-state index is 12.0. The maximum absolute atomic E-state index is 12.0. The molecule has 0 atom stereocenters. The van der Waals surface area contributed by atoms with Gasteiger partial charge in [-0.25, -0.2) is 15.0 Å². The minimum atomic E-state index is -0.608. The summed E-state index contributed by atoms with van der Waals surface area (Å²) in [5, 5.41) is 15.7. The third-order valence-corrected chi connectivity index (χ3v) is 4.11. The van der Waals surface area contributed by atoms with Gasteiger partial charge in [0.15, 0.2) is 12.4 Å². The van der Waals surface area contributed by atoms with Gasteiger partial charge in [0.05, 0.1) is 6.21 Å². The van der Waals surface area contributed by atoms with Gasteiger partial charge < -0.3 is 14.5 Å². The maximum Gasteiger partial charge on any atom is 0.343 e. The second kappa shape index (κ2) is 8.24. The molecule has 0 fully saturated rings. The summed E-state index contributed by atoms with van der Waals surface area (Å²) in [6.45, 7) is 1.28. The monoisotopic (exact) mass is 421 g/mol. The molecular formula is C17H13Cl2N5O4. The molecule has 0 saturated carbocycles. The molecule has 0 aliphatic rings. The van der Waals surface area contributed by atoms with Gasteiger partial charge >= 0.3 is 5.82 Å². The van der Waals surface area contributed by atoms with Crippen molar-refractivity contribution >= 4 is 41.1 Å². The number of carbonyl (C=O) groups is 1. The highest BCUT2D eigenvalue weighted by Gasteiger charge is 2.19. The van der Waals surface area contributed by atoms with Gasteiger partial charge in [-0.1, -0.05) is 23.2 Å². The fourth-order valence-electron chi connectivity index (χ4n) is 2.42. The van der Waals surface area contributed by atoms with E-state index in [2.05, 4.69) is 15.5 Å². The first kappa shape index (κ1) is 19.6. The third kappa shape index (κ3) is 4.56. The third-order valence-electron chi connectivity index (χ3n) is 3.68. The van der Waals surface area contributed by atoms with Crippen LogP contribution in [0.1, 0.15) is 11.6 Å². The van der Waals surface area contributed by atoms with Crippen LogP contribution in [0.5, 0.6) is 0 Å². The van der Waals surface area contributed by atoms with Crippen LogP contribution >= 0.6 is 23.2 Å². The van der Waals surface area contributed by atoms with Gasteiger partial charge in [-0.3, -0.25) is 4.79 Å². The van der Waals surface area contributed by atoms with Crippen LogP contribution in [0.4, 0.5) is 5.82 Å². The number of hydrazone groups is 1. The van der Waals surface area contributed by atoms with E-state index in [0.717, 1.165) is 6.20 Å². The van der Waals surface area contributed by atoms with E-state index in [4.69, 9.17) is 27.6 Å². The standard InChI is InChI=1S/C17H13Cl2N5O4/c1-10-20-8-17(24(26)27)23(10)9-16(25)22-21-7-14-2-3-15(28-14)11-4-12(18)6-13(19)5-11/h2-8H,9H2,1H3,(H,22,25)/b21-7-. The summed E-state index contributed by atoms with van der Waals surface area (Å²) in [5.74, 6) is 0.445. The van der Waals surface area contributed by atoms with Crippen LogP contribution in [-0.4, -0.2) is 26.6 Å². The average Bonchev–Trinajstić information content (AvgIpc) is 3.22. The Bertz CT molecular complexity index is 1050. The summed E-state index contributed by atoms with van der Waals surface area (Å²) in [6, 6.07) is 8.39. The van der Waals surface area contributed by atoms with Crippen molar-refractivity contribution in [3.63, 3.8) is 0 Å². The minimum Gasteiger partial charge on any atom is -0.455 e. The molecule has 3 rings (SSSR count). The number of benzene rings is 1. The van der Waals surface area contributed by atoms with Crippen molar-refractivity contribution in [1.82, 2.24) is 15.0 Å². The van der Waals surface area contributed by atoms with E-state index >= 15 is 0 Å². The number of nitrogens with one attached hydrogen (secondary N) is 1. The predicted molar refractivity (Wildman–Crippen MR) is 104 cm³/mol. The first-order chi connectivity index (χ1) is 13.3. The van der Waals surface area contributed by atoms with Gasteiger partial charge in [-0.05, 0) is 35.3 Å². The zero-order valence-electron chi connectivity index (χ0n) is 14.4. The molecule has 3 aromatic rings. The topological polar surface area (TPSA) is 116 Å². The fourth-order valence-corrected chi connectivity index (χ4v) is 2.94. The van der Waals surface area contributed by atoms with Gasteiger partial charge in [-0.15, -0.1) is 0 Å². The lowest BCUT2D eigenvalue weighted by Crippen LogP contribution is -2.24. The Labute approximate surface area is 168 Å². The summed E-state index contributed by atoms with van der Waals surface area (Å²) in [6.07, 6.45) is 2.40. The predicted octanol–water partition coefficient (Wildman–Crippen LogP) is 3.82. The molecule has 0 aliphatic carbocycles. The van der Waals surface area contributed by atoms with Crippen LogP contribution in [0.3, 0.4) is 0 Å². The number of furan rings is 1. The lowest BCUT2D eigenvalue weighted by atomic mass is 10.2. The molecule has 1 amide bonds. The van der Waals surface area contributed by atoms with E-state index in [1.54, 1.807) is 37.3 Å². The van der Waals surface area contributed by atoms with Crippen molar-refractivity contribution in [1.29, 1.82) is 0 Å². The average molecular weight is 422 g/mol. The quantitative estimate of drug-likeness (QED) is 0.368. The van der Waals surface area contributed by atoms with E-state index in [9.17, 15) is 14.9 Å². The summed E-state index contributed by atoms with van der Waals surface area (Å²) < 4.78 is 6.79. The number of halogens is 2. The number of rotatable bonds is 6. The Morgan fingerprint density at radius 3 is 2.75 bits per heavy atom. The van der Waals surface area contributed by atoms with Crippen molar-refractivity contribution in [2.75, 3.05) is 0 Å². The van der Waals surface area contributed by atoms with Crippen LogP contribution in [0.15, 0.2) is 46.0 Å². The highest BCUT2D eigenvalue weighted by Crippen LogP contribution is 2.28. The molecule has 2 heterocycles. The molecule has 0 bridgehead atoms. The smallest absolute Gasteiger partial charge is 0.343 e. The van der Waals surface area contributed by atoms with Gasteiger partial charge in [0.2, 0.25) is 0 Å². The zero-order chi connectivity index (χ0) is 20.3. The summed E-state index contributed by atoms with van der Waals surface area (Å²) in [4.78, 5) is 26.1. The SMILES string of the molecule is Cc1ncc([N+](=O)[O-])n1CC(=O)N/N=C\c1ccc(-c2cc(Cl)cc(Cl)c2)o1. The highest BCUT2D eigenvalue weighted by atomic mass is 35.5. The van der Waals surface area contributed by atoms with Crippen molar-refractivity contribution in [2.45, 2.75) is 13.5 Å². The Balaban J connectivity index is 1.64. The molecule has 1 N–H and O–H groups in total. The van der Waals surface area contributed by atoms with Crippen molar-refractivity contribution in [2.24, 2.45) is 5.10 Å². The van der Waals surface area contributed by atoms with Gasteiger partial charge in [0.25, 0.3) is 5.91 Å². The van der Waals surface area contributed by atoms with E-state index in [0.29, 0.717) is 33.0 Å². The number of carbonyl (C=O) groups excluding carboxylic acids is 1. The van der Waals surface area contributed by atoms with Crippen LogP contribution in [0.25, 0.3) is 11.3 Å². The number of hydrogen-bond donors (Lipinski definition) is 1. The van der Waals surface area contributed by atoms with Crippen molar-refractivity contribution in [3.05, 3.63) is 68.3 Å². The van der Waals surface area contributed by atoms with Crippen LogP contribution in [0.2, 0.25) is 10.0 Å². The number of hydrogen-bond acceptors (Lipinski definition) is 6. The highest BCUT2D eigenvalue weighted by molar-refractivity contribution is 6.35. The molecule has 11 heteroatoms. The van der Waals surface area contributed by atoms with E-state index in [-0.39, 0.29) is 12.4 Å². The van der Waals surface area contributed by atoms with Crippen LogP contribution in [-0.2, 0) is 11.3 Å². The number of nitro groups is 1. The number of aromatic nitrogens is 2. The first-order valence-corrected chi connectivity index (χ1v) is 8.64. The molecule has 1 aromatic carbocycles.